The van der Waals surface area contributed by atoms with E-state index < -0.39 is 0 Å². The van der Waals surface area contributed by atoms with E-state index in [9.17, 15) is 4.39 Å². The van der Waals surface area contributed by atoms with Gasteiger partial charge in [-0.25, -0.2) is 4.39 Å². The van der Waals surface area contributed by atoms with Gasteiger partial charge in [-0.05, 0) is 27.0 Å². The van der Waals surface area contributed by atoms with Gasteiger partial charge in [0.15, 0.2) is 0 Å². The highest BCUT2D eigenvalue weighted by Crippen LogP contribution is 2.09. The number of likely N-dealkylation sites (N-methyl/N-ethyl adjacent to an activating group) is 1. The lowest BCUT2D eigenvalue weighted by Crippen LogP contribution is -2.34. The minimum absolute atomic E-state index is 0.134. The summed E-state index contributed by atoms with van der Waals surface area (Å²) in [6.45, 7) is 5.51. The quantitative estimate of drug-likeness (QED) is 0.775. The average molecular weight is 210 g/mol. The third-order valence-corrected chi connectivity index (χ3v) is 2.35. The van der Waals surface area contributed by atoms with Gasteiger partial charge in [-0.2, -0.15) is 0 Å². The number of nitrogens with one attached hydrogen (secondary N) is 2. The molecule has 1 unspecified atom stereocenters. The average Bonchev–Trinajstić information content (AvgIpc) is 2.20. The molecule has 84 valence electrons. The normalized spacial score (nSPS) is 12.8. The summed E-state index contributed by atoms with van der Waals surface area (Å²) < 4.78 is 13.4. The van der Waals surface area contributed by atoms with E-state index in [0.29, 0.717) is 12.6 Å². The molecule has 0 aliphatic heterocycles. The highest BCUT2D eigenvalue weighted by molar-refractivity contribution is 5.23. The molecule has 0 bridgehead atoms. The molecule has 0 fully saturated rings. The fraction of sp³-hybridized carbons (Fsp3) is 0.500. The van der Waals surface area contributed by atoms with Crippen molar-refractivity contribution in [1.29, 1.82) is 0 Å². The first kappa shape index (κ1) is 12.1. The second-order valence-corrected chi connectivity index (χ2v) is 3.93. The van der Waals surface area contributed by atoms with E-state index in [4.69, 9.17) is 0 Å². The molecule has 3 heteroatoms. The van der Waals surface area contributed by atoms with Gasteiger partial charge in [0.25, 0.3) is 0 Å². The molecule has 15 heavy (non-hydrogen) atoms. The number of benzene rings is 1. The highest BCUT2D eigenvalue weighted by atomic mass is 19.1. The van der Waals surface area contributed by atoms with Crippen molar-refractivity contribution in [2.75, 3.05) is 13.6 Å². The molecule has 0 aromatic heterocycles. The van der Waals surface area contributed by atoms with Crippen molar-refractivity contribution in [3.8, 4) is 0 Å². The Balaban J connectivity index is 2.53. The third-order valence-electron chi connectivity index (χ3n) is 2.35. The van der Waals surface area contributed by atoms with E-state index in [1.165, 1.54) is 6.07 Å². The molecule has 0 aliphatic rings. The van der Waals surface area contributed by atoms with Gasteiger partial charge in [-0.1, -0.05) is 17.7 Å². The summed E-state index contributed by atoms with van der Waals surface area (Å²) in [6.07, 6.45) is 0. The van der Waals surface area contributed by atoms with Gasteiger partial charge in [0, 0.05) is 24.7 Å². The fourth-order valence-electron chi connectivity index (χ4n) is 1.50. The lowest BCUT2D eigenvalue weighted by atomic mass is 10.1. The summed E-state index contributed by atoms with van der Waals surface area (Å²) in [6, 6.07) is 5.54. The maximum Gasteiger partial charge on any atom is 0.127 e. The Labute approximate surface area is 90.9 Å². The molecule has 0 radical (unpaired) electrons. The van der Waals surface area contributed by atoms with Crippen molar-refractivity contribution in [3.63, 3.8) is 0 Å². The molecule has 0 saturated heterocycles. The number of rotatable bonds is 5. The van der Waals surface area contributed by atoms with Crippen LogP contribution in [0.2, 0.25) is 0 Å². The summed E-state index contributed by atoms with van der Waals surface area (Å²) in [4.78, 5) is 0. The molecule has 1 atom stereocenters. The van der Waals surface area contributed by atoms with Crippen LogP contribution in [0.15, 0.2) is 18.2 Å². The monoisotopic (exact) mass is 210 g/mol. The summed E-state index contributed by atoms with van der Waals surface area (Å²) in [5, 5.41) is 6.34. The fourth-order valence-corrected chi connectivity index (χ4v) is 1.50. The van der Waals surface area contributed by atoms with Crippen LogP contribution in [-0.2, 0) is 6.54 Å². The van der Waals surface area contributed by atoms with Gasteiger partial charge >= 0.3 is 0 Å². The van der Waals surface area contributed by atoms with Crippen LogP contribution in [-0.4, -0.2) is 19.6 Å². The number of halogens is 1. The predicted octanol–water partition coefficient (Wildman–Crippen LogP) is 1.83. The third kappa shape index (κ3) is 3.98. The Kier molecular flexibility index (Phi) is 4.72. The van der Waals surface area contributed by atoms with Crippen LogP contribution in [0.4, 0.5) is 4.39 Å². The molecule has 1 rings (SSSR count). The van der Waals surface area contributed by atoms with E-state index in [1.54, 1.807) is 6.07 Å². The number of hydrogen-bond donors (Lipinski definition) is 2. The Hall–Kier alpha value is -0.930. The molecule has 2 N–H and O–H groups in total. The predicted molar refractivity (Wildman–Crippen MR) is 61.4 cm³/mol. The molecule has 1 aromatic carbocycles. The van der Waals surface area contributed by atoms with Gasteiger partial charge in [-0.15, -0.1) is 0 Å². The Bertz CT molecular complexity index is 312. The van der Waals surface area contributed by atoms with Crippen molar-refractivity contribution in [1.82, 2.24) is 10.6 Å². The second kappa shape index (κ2) is 5.83. The SMILES string of the molecule is CNCC(C)NCc1cc(C)ccc1F. The zero-order valence-electron chi connectivity index (χ0n) is 9.60. The van der Waals surface area contributed by atoms with Crippen LogP contribution in [0.3, 0.4) is 0 Å². The summed E-state index contributed by atoms with van der Waals surface area (Å²) in [7, 11) is 1.91. The number of aryl methyl sites for hydroxylation is 1. The van der Waals surface area contributed by atoms with Crippen LogP contribution >= 0.6 is 0 Å². The standard InChI is InChI=1S/C12H19FN2/c1-9-4-5-12(13)11(6-9)8-15-10(2)7-14-3/h4-6,10,14-15H,7-8H2,1-3H3. The molecular weight excluding hydrogens is 191 g/mol. The first-order valence-corrected chi connectivity index (χ1v) is 5.26. The Morgan fingerprint density at radius 1 is 1.40 bits per heavy atom. The van der Waals surface area contributed by atoms with Gasteiger partial charge in [0.1, 0.15) is 5.82 Å². The lowest BCUT2D eigenvalue weighted by Gasteiger charge is -2.13. The van der Waals surface area contributed by atoms with Crippen LogP contribution in [0.25, 0.3) is 0 Å². The molecule has 1 aromatic rings. The smallest absolute Gasteiger partial charge is 0.127 e. The lowest BCUT2D eigenvalue weighted by molar-refractivity contribution is 0.509. The number of hydrogen-bond acceptors (Lipinski definition) is 2. The van der Waals surface area contributed by atoms with Gasteiger partial charge < -0.3 is 10.6 Å². The van der Waals surface area contributed by atoms with E-state index in [-0.39, 0.29) is 5.82 Å². The molecule has 0 amide bonds. The zero-order chi connectivity index (χ0) is 11.3. The van der Waals surface area contributed by atoms with Gasteiger partial charge in [0.2, 0.25) is 0 Å². The van der Waals surface area contributed by atoms with Crippen LogP contribution < -0.4 is 10.6 Å². The maximum absolute atomic E-state index is 13.4. The van der Waals surface area contributed by atoms with Crippen molar-refractivity contribution in [3.05, 3.63) is 35.1 Å². The minimum Gasteiger partial charge on any atom is -0.318 e. The zero-order valence-corrected chi connectivity index (χ0v) is 9.60. The summed E-state index contributed by atoms with van der Waals surface area (Å²) in [5.41, 5.74) is 1.83. The van der Waals surface area contributed by atoms with Crippen LogP contribution in [0, 0.1) is 12.7 Å². The summed E-state index contributed by atoms with van der Waals surface area (Å²) in [5.74, 6) is -0.134. The molecule has 0 aliphatic carbocycles. The first-order chi connectivity index (χ1) is 7.13. The molecule has 0 saturated carbocycles. The van der Waals surface area contributed by atoms with Crippen LogP contribution in [0.1, 0.15) is 18.1 Å². The second-order valence-electron chi connectivity index (χ2n) is 3.93. The summed E-state index contributed by atoms with van der Waals surface area (Å²) >= 11 is 0. The topological polar surface area (TPSA) is 24.1 Å². The van der Waals surface area contributed by atoms with E-state index in [0.717, 1.165) is 17.7 Å². The van der Waals surface area contributed by atoms with Crippen molar-refractivity contribution >= 4 is 0 Å². The first-order valence-electron chi connectivity index (χ1n) is 5.26. The highest BCUT2D eigenvalue weighted by Gasteiger charge is 2.04. The Morgan fingerprint density at radius 2 is 2.13 bits per heavy atom. The minimum atomic E-state index is -0.134. The molecular formula is C12H19FN2. The largest absolute Gasteiger partial charge is 0.318 e. The van der Waals surface area contributed by atoms with E-state index >= 15 is 0 Å². The molecule has 0 heterocycles. The van der Waals surface area contributed by atoms with E-state index in [1.807, 2.05) is 20.0 Å². The van der Waals surface area contributed by atoms with Gasteiger partial charge in [-0.3, -0.25) is 0 Å². The maximum atomic E-state index is 13.4. The van der Waals surface area contributed by atoms with E-state index in [2.05, 4.69) is 17.6 Å². The van der Waals surface area contributed by atoms with Gasteiger partial charge in [0.05, 0.1) is 0 Å². The van der Waals surface area contributed by atoms with Crippen molar-refractivity contribution in [2.24, 2.45) is 0 Å². The van der Waals surface area contributed by atoms with Crippen molar-refractivity contribution < 1.29 is 4.39 Å². The molecule has 2 nitrogen and oxygen atoms in total. The Morgan fingerprint density at radius 3 is 2.80 bits per heavy atom. The van der Waals surface area contributed by atoms with Crippen molar-refractivity contribution in [2.45, 2.75) is 26.4 Å². The van der Waals surface area contributed by atoms with Crippen LogP contribution in [0.5, 0.6) is 0 Å². The molecule has 0 spiro atoms.